The number of amides is 1. The highest BCUT2D eigenvalue weighted by Crippen LogP contribution is 2.20. The third-order valence-corrected chi connectivity index (χ3v) is 2.93. The van der Waals surface area contributed by atoms with Crippen molar-refractivity contribution >= 4 is 5.91 Å². The lowest BCUT2D eigenvalue weighted by molar-refractivity contribution is 0.0996. The molecule has 20 heavy (non-hydrogen) atoms. The van der Waals surface area contributed by atoms with Crippen LogP contribution in [0, 0.1) is 0 Å². The molecule has 0 bridgehead atoms. The summed E-state index contributed by atoms with van der Waals surface area (Å²) in [4.78, 5) is 15.2. The molecule has 0 unspecified atom stereocenters. The molecular formula is C13H12N6O. The quantitative estimate of drug-likeness (QED) is 0.731. The van der Waals surface area contributed by atoms with Gasteiger partial charge in [0, 0.05) is 24.5 Å². The van der Waals surface area contributed by atoms with Crippen molar-refractivity contribution in [2.24, 2.45) is 5.73 Å². The number of nitrogens with two attached hydrogens (primary N) is 1. The Labute approximate surface area is 114 Å². The zero-order chi connectivity index (χ0) is 13.9. The van der Waals surface area contributed by atoms with Gasteiger partial charge in [-0.3, -0.25) is 4.79 Å². The Balaban J connectivity index is 1.86. The number of aromatic amines is 1. The van der Waals surface area contributed by atoms with Gasteiger partial charge in [-0.05, 0) is 5.56 Å². The van der Waals surface area contributed by atoms with Crippen molar-refractivity contribution in [1.29, 1.82) is 0 Å². The average molecular weight is 268 g/mol. The maximum Gasteiger partial charge on any atom is 0.271 e. The van der Waals surface area contributed by atoms with E-state index in [1.165, 1.54) is 0 Å². The summed E-state index contributed by atoms with van der Waals surface area (Å²) < 4.78 is 1.97. The zero-order valence-corrected chi connectivity index (χ0v) is 10.5. The Kier molecular flexibility index (Phi) is 3.00. The summed E-state index contributed by atoms with van der Waals surface area (Å²) in [5.41, 5.74) is 7.77. The first-order valence-electron chi connectivity index (χ1n) is 5.99. The van der Waals surface area contributed by atoms with Gasteiger partial charge in [-0.15, -0.1) is 0 Å². The normalized spacial score (nSPS) is 10.6. The number of hydrogen-bond acceptors (Lipinski definition) is 4. The van der Waals surface area contributed by atoms with Gasteiger partial charge in [-0.2, -0.15) is 15.4 Å². The first-order valence-corrected chi connectivity index (χ1v) is 5.99. The van der Waals surface area contributed by atoms with E-state index in [0.717, 1.165) is 17.7 Å². The summed E-state index contributed by atoms with van der Waals surface area (Å²) in [6.07, 6.45) is 5.40. The van der Waals surface area contributed by atoms with Crippen molar-refractivity contribution in [3.05, 3.63) is 54.2 Å². The first kappa shape index (κ1) is 12.1. The molecule has 0 saturated heterocycles. The summed E-state index contributed by atoms with van der Waals surface area (Å²) >= 11 is 0. The lowest BCUT2D eigenvalue weighted by atomic mass is 10.1. The number of rotatable bonds is 4. The molecule has 0 saturated carbocycles. The second kappa shape index (κ2) is 4.96. The molecule has 1 amide bonds. The van der Waals surface area contributed by atoms with E-state index in [2.05, 4.69) is 20.4 Å². The lowest BCUT2D eigenvalue weighted by Gasteiger charge is -2.04. The molecule has 7 nitrogen and oxygen atoms in total. The van der Waals surface area contributed by atoms with E-state index < -0.39 is 5.91 Å². The molecule has 2 heterocycles. The van der Waals surface area contributed by atoms with Crippen LogP contribution in [0.15, 0.2) is 43.0 Å². The highest BCUT2D eigenvalue weighted by Gasteiger charge is 2.14. The molecule has 3 rings (SSSR count). The van der Waals surface area contributed by atoms with Crippen molar-refractivity contribution in [2.45, 2.75) is 6.54 Å². The predicted octanol–water partition coefficient (Wildman–Crippen LogP) is 0.815. The van der Waals surface area contributed by atoms with Crippen LogP contribution in [0.2, 0.25) is 0 Å². The number of aromatic nitrogens is 5. The minimum Gasteiger partial charge on any atom is -0.364 e. The maximum atomic E-state index is 11.2. The van der Waals surface area contributed by atoms with Gasteiger partial charge in [0.1, 0.15) is 5.69 Å². The molecule has 1 aromatic carbocycles. The highest BCUT2D eigenvalue weighted by atomic mass is 16.1. The number of imidazole rings is 1. The number of carbonyl (C=O) groups is 1. The molecule has 3 aromatic rings. The van der Waals surface area contributed by atoms with Gasteiger partial charge in [-0.25, -0.2) is 4.98 Å². The number of nitrogens with zero attached hydrogens (tertiary/aromatic N) is 4. The Bertz CT molecular complexity index is 714. The molecule has 7 heteroatoms. The van der Waals surface area contributed by atoms with Crippen LogP contribution < -0.4 is 5.73 Å². The molecule has 0 radical (unpaired) electrons. The fourth-order valence-electron chi connectivity index (χ4n) is 1.96. The fraction of sp³-hybridized carbons (Fsp3) is 0.0769. The minimum absolute atomic E-state index is 0.146. The minimum atomic E-state index is -0.601. The smallest absolute Gasteiger partial charge is 0.271 e. The number of primary amides is 1. The van der Waals surface area contributed by atoms with Crippen LogP contribution in [-0.2, 0) is 6.54 Å². The van der Waals surface area contributed by atoms with E-state index >= 15 is 0 Å². The fourth-order valence-corrected chi connectivity index (χ4v) is 1.96. The lowest BCUT2D eigenvalue weighted by Crippen LogP contribution is -2.12. The molecule has 0 spiro atoms. The van der Waals surface area contributed by atoms with Crippen molar-refractivity contribution in [2.75, 3.05) is 0 Å². The maximum absolute atomic E-state index is 11.2. The van der Waals surface area contributed by atoms with Crippen molar-refractivity contribution in [3.8, 4) is 11.3 Å². The summed E-state index contributed by atoms with van der Waals surface area (Å²) in [5, 5.41) is 10.1. The van der Waals surface area contributed by atoms with Crippen molar-refractivity contribution in [1.82, 2.24) is 25.0 Å². The monoisotopic (exact) mass is 268 g/mol. The van der Waals surface area contributed by atoms with E-state index in [9.17, 15) is 4.79 Å². The number of H-pyrrole nitrogens is 1. The van der Waals surface area contributed by atoms with Crippen LogP contribution in [0.5, 0.6) is 0 Å². The van der Waals surface area contributed by atoms with Crippen LogP contribution in [-0.4, -0.2) is 30.9 Å². The molecule has 0 aliphatic heterocycles. The van der Waals surface area contributed by atoms with E-state index in [-0.39, 0.29) is 5.69 Å². The van der Waals surface area contributed by atoms with Gasteiger partial charge in [0.25, 0.3) is 5.91 Å². The standard InChI is InChI=1S/C13H12N6O/c14-13(20)12-11(16-18-17-12)10-3-1-9(2-4-10)7-19-6-5-15-8-19/h1-6,8H,7H2,(H2,14,20)(H,16,17,18). The molecule has 0 aliphatic carbocycles. The number of carbonyl (C=O) groups excluding carboxylic acids is 1. The summed E-state index contributed by atoms with van der Waals surface area (Å²) in [6.45, 7) is 0.738. The average Bonchev–Trinajstić information content (AvgIpc) is 3.10. The second-order valence-corrected chi connectivity index (χ2v) is 4.32. The van der Waals surface area contributed by atoms with Crippen LogP contribution in [0.3, 0.4) is 0 Å². The van der Waals surface area contributed by atoms with Gasteiger partial charge < -0.3 is 10.3 Å². The number of benzene rings is 1. The van der Waals surface area contributed by atoms with E-state index in [4.69, 9.17) is 5.73 Å². The largest absolute Gasteiger partial charge is 0.364 e. The first-order chi connectivity index (χ1) is 9.74. The molecule has 3 N–H and O–H groups in total. The topological polar surface area (TPSA) is 102 Å². The van der Waals surface area contributed by atoms with E-state index in [1.807, 2.05) is 35.0 Å². The third-order valence-electron chi connectivity index (χ3n) is 2.93. The molecule has 0 fully saturated rings. The van der Waals surface area contributed by atoms with Gasteiger partial charge in [0.05, 0.1) is 6.33 Å². The molecule has 0 atom stereocenters. The SMILES string of the molecule is NC(=O)c1n[nH]nc1-c1ccc(Cn2ccnc2)cc1. The van der Waals surface area contributed by atoms with E-state index in [0.29, 0.717) is 5.69 Å². The van der Waals surface area contributed by atoms with Gasteiger partial charge in [0.2, 0.25) is 0 Å². The summed E-state index contributed by atoms with van der Waals surface area (Å²) in [6, 6.07) is 7.71. The Morgan fingerprint density at radius 1 is 1.25 bits per heavy atom. The van der Waals surface area contributed by atoms with Crippen molar-refractivity contribution in [3.63, 3.8) is 0 Å². The Hall–Kier alpha value is -2.96. The Morgan fingerprint density at radius 2 is 2.05 bits per heavy atom. The molecule has 0 aliphatic rings. The van der Waals surface area contributed by atoms with Crippen molar-refractivity contribution < 1.29 is 4.79 Å². The number of nitrogens with one attached hydrogen (secondary N) is 1. The molecule has 100 valence electrons. The number of hydrogen-bond donors (Lipinski definition) is 2. The third kappa shape index (κ3) is 2.28. The summed E-state index contributed by atoms with van der Waals surface area (Å²) in [7, 11) is 0. The van der Waals surface area contributed by atoms with Crippen LogP contribution >= 0.6 is 0 Å². The van der Waals surface area contributed by atoms with Crippen LogP contribution in [0.4, 0.5) is 0 Å². The van der Waals surface area contributed by atoms with Crippen LogP contribution in [0.1, 0.15) is 16.1 Å². The zero-order valence-electron chi connectivity index (χ0n) is 10.5. The second-order valence-electron chi connectivity index (χ2n) is 4.32. The van der Waals surface area contributed by atoms with E-state index in [1.54, 1.807) is 12.5 Å². The molecular weight excluding hydrogens is 256 g/mol. The highest BCUT2D eigenvalue weighted by molar-refractivity contribution is 5.96. The van der Waals surface area contributed by atoms with Gasteiger partial charge in [0.15, 0.2) is 5.69 Å². The van der Waals surface area contributed by atoms with Gasteiger partial charge >= 0.3 is 0 Å². The van der Waals surface area contributed by atoms with Crippen LogP contribution in [0.25, 0.3) is 11.3 Å². The summed E-state index contributed by atoms with van der Waals surface area (Å²) in [5.74, 6) is -0.601. The van der Waals surface area contributed by atoms with Gasteiger partial charge in [-0.1, -0.05) is 24.3 Å². The Morgan fingerprint density at radius 3 is 2.70 bits per heavy atom. The predicted molar refractivity (Wildman–Crippen MR) is 71.7 cm³/mol. The molecule has 2 aromatic heterocycles.